The molecule has 0 unspecified atom stereocenters. The predicted octanol–water partition coefficient (Wildman–Crippen LogP) is 10.6. The van der Waals surface area contributed by atoms with E-state index in [2.05, 4.69) is 244 Å². The molecule has 0 bridgehead atoms. The average Bonchev–Trinajstić information content (AvgIpc) is 3.97. The highest BCUT2D eigenvalue weighted by atomic mass is 28.3. The second kappa shape index (κ2) is 13.7. The molecule has 12 aromatic rings. The lowest BCUT2D eigenvalue weighted by atomic mass is 10.0. The number of para-hydroxylation sites is 5. The molecule has 5 heteroatoms. The maximum Gasteiger partial charge on any atom is 0.220 e. The number of aromatic nitrogens is 4. The van der Waals surface area contributed by atoms with Crippen LogP contribution in [0.1, 0.15) is 0 Å². The summed E-state index contributed by atoms with van der Waals surface area (Å²) in [4.78, 5) is 5.36. The molecule has 3 aromatic heterocycles. The van der Waals surface area contributed by atoms with Gasteiger partial charge in [-0.1, -0.05) is 182 Å². The van der Waals surface area contributed by atoms with Crippen LogP contribution in [0.25, 0.3) is 72.2 Å². The van der Waals surface area contributed by atoms with Crippen molar-refractivity contribution in [3.05, 3.63) is 231 Å². The quantitative estimate of drug-likeness (QED) is 0.117. The fraction of sp³-hybridized carbons (Fsp3) is 0. The van der Waals surface area contributed by atoms with E-state index in [1.807, 2.05) is 0 Å². The van der Waals surface area contributed by atoms with Crippen LogP contribution in [0.3, 0.4) is 0 Å². The molecule has 0 spiro atoms. The largest absolute Gasteiger partial charge is 0.309 e. The number of benzene rings is 9. The molecule has 0 aliphatic heterocycles. The van der Waals surface area contributed by atoms with Crippen molar-refractivity contribution in [1.82, 2.24) is 18.5 Å². The molecule has 3 heterocycles. The SMILES string of the molecule is c1ccc([Si](c2ccccc2)(c2ccccc2)c2cccc(-c3ccccc3-n3c4ccc(-n5c6ccccc6c6ccccc65)cc4n4c5ccccc5nc34)c2)cc1. The van der Waals surface area contributed by atoms with Gasteiger partial charge in [-0.15, -0.1) is 0 Å². The number of nitrogens with zero attached hydrogens (tertiary/aromatic N) is 4. The van der Waals surface area contributed by atoms with Gasteiger partial charge in [0.1, 0.15) is 0 Å². The molecule has 0 aliphatic rings. The summed E-state index contributed by atoms with van der Waals surface area (Å²) in [5, 5.41) is 7.90. The third-order valence-electron chi connectivity index (χ3n) is 12.4. The van der Waals surface area contributed by atoms with Crippen molar-refractivity contribution in [2.45, 2.75) is 0 Å². The third kappa shape index (κ3) is 5.06. The maximum atomic E-state index is 5.36. The van der Waals surface area contributed by atoms with Crippen LogP contribution >= 0.6 is 0 Å². The van der Waals surface area contributed by atoms with E-state index < -0.39 is 8.07 Å². The lowest BCUT2D eigenvalue weighted by Gasteiger charge is -2.34. The molecule has 282 valence electrons. The van der Waals surface area contributed by atoms with Crippen LogP contribution in [-0.2, 0) is 0 Å². The monoisotopic (exact) mass is 782 g/mol. The highest BCUT2D eigenvalue weighted by Gasteiger charge is 2.41. The average molecular weight is 783 g/mol. The van der Waals surface area contributed by atoms with Gasteiger partial charge in [0.05, 0.1) is 38.8 Å². The van der Waals surface area contributed by atoms with Gasteiger partial charge in [0.15, 0.2) is 8.07 Å². The summed E-state index contributed by atoms with van der Waals surface area (Å²) in [5.74, 6) is 0.885. The second-order valence-electron chi connectivity index (χ2n) is 15.6. The Kier molecular flexibility index (Phi) is 7.83. The van der Waals surface area contributed by atoms with E-state index in [4.69, 9.17) is 4.98 Å². The van der Waals surface area contributed by atoms with Crippen molar-refractivity contribution >= 4 is 78.5 Å². The molecule has 12 rings (SSSR count). The molecular weight excluding hydrogens is 745 g/mol. The van der Waals surface area contributed by atoms with Crippen molar-refractivity contribution in [3.8, 4) is 22.5 Å². The molecular formula is C55H38N4Si. The highest BCUT2D eigenvalue weighted by Crippen LogP contribution is 2.37. The van der Waals surface area contributed by atoms with Crippen molar-refractivity contribution in [1.29, 1.82) is 0 Å². The smallest absolute Gasteiger partial charge is 0.220 e. The van der Waals surface area contributed by atoms with Crippen molar-refractivity contribution in [2.24, 2.45) is 0 Å². The van der Waals surface area contributed by atoms with Gasteiger partial charge in [-0.25, -0.2) is 4.98 Å². The van der Waals surface area contributed by atoms with E-state index in [0.29, 0.717) is 0 Å². The predicted molar refractivity (Wildman–Crippen MR) is 253 cm³/mol. The molecule has 60 heavy (non-hydrogen) atoms. The summed E-state index contributed by atoms with van der Waals surface area (Å²) in [6.07, 6.45) is 0. The lowest BCUT2D eigenvalue weighted by Crippen LogP contribution is -2.74. The van der Waals surface area contributed by atoms with Crippen LogP contribution in [0.15, 0.2) is 231 Å². The zero-order chi connectivity index (χ0) is 39.6. The first-order valence-corrected chi connectivity index (χ1v) is 22.6. The van der Waals surface area contributed by atoms with Crippen LogP contribution < -0.4 is 20.7 Å². The van der Waals surface area contributed by atoms with Gasteiger partial charge in [0.2, 0.25) is 5.78 Å². The molecule has 0 amide bonds. The Labute approximate surface area is 348 Å². The van der Waals surface area contributed by atoms with E-state index >= 15 is 0 Å². The zero-order valence-electron chi connectivity index (χ0n) is 32.7. The summed E-state index contributed by atoms with van der Waals surface area (Å²) in [5.41, 5.74) is 11.1. The molecule has 9 aromatic carbocycles. The minimum atomic E-state index is -2.76. The first-order chi connectivity index (χ1) is 29.8. The Morgan fingerprint density at radius 3 is 1.53 bits per heavy atom. The van der Waals surface area contributed by atoms with Gasteiger partial charge in [0, 0.05) is 22.0 Å². The fourth-order valence-corrected chi connectivity index (χ4v) is 14.7. The zero-order valence-corrected chi connectivity index (χ0v) is 33.7. The van der Waals surface area contributed by atoms with Crippen molar-refractivity contribution in [2.75, 3.05) is 0 Å². The molecule has 0 aliphatic carbocycles. The molecule has 4 nitrogen and oxygen atoms in total. The summed E-state index contributed by atoms with van der Waals surface area (Å²) in [6, 6.07) is 84.4. The Morgan fingerprint density at radius 2 is 0.883 bits per heavy atom. The molecule has 0 atom stereocenters. The van der Waals surface area contributed by atoms with E-state index in [1.54, 1.807) is 0 Å². The first-order valence-electron chi connectivity index (χ1n) is 20.6. The van der Waals surface area contributed by atoms with Crippen LogP contribution in [-0.4, -0.2) is 26.6 Å². The third-order valence-corrected chi connectivity index (χ3v) is 17.2. The maximum absolute atomic E-state index is 5.36. The number of fused-ring (bicyclic) bond motifs is 8. The van der Waals surface area contributed by atoms with Gasteiger partial charge in [0.25, 0.3) is 0 Å². The van der Waals surface area contributed by atoms with Crippen LogP contribution in [0.5, 0.6) is 0 Å². The van der Waals surface area contributed by atoms with E-state index in [9.17, 15) is 0 Å². The second-order valence-corrected chi connectivity index (χ2v) is 19.4. The van der Waals surface area contributed by atoms with E-state index in [0.717, 1.165) is 44.8 Å². The normalized spacial score (nSPS) is 12.0. The number of hydrogen-bond donors (Lipinski definition) is 0. The number of imidazole rings is 2. The summed E-state index contributed by atoms with van der Waals surface area (Å²) >= 11 is 0. The van der Waals surface area contributed by atoms with E-state index in [-0.39, 0.29) is 0 Å². The molecule has 0 saturated carbocycles. The van der Waals surface area contributed by atoms with Crippen molar-refractivity contribution in [3.63, 3.8) is 0 Å². The van der Waals surface area contributed by atoms with E-state index in [1.165, 1.54) is 48.1 Å². The molecule has 0 radical (unpaired) electrons. The van der Waals surface area contributed by atoms with Crippen LogP contribution in [0, 0.1) is 0 Å². The van der Waals surface area contributed by atoms with Gasteiger partial charge in [-0.05, 0) is 74.8 Å². The molecule has 0 N–H and O–H groups in total. The topological polar surface area (TPSA) is 27.2 Å². The van der Waals surface area contributed by atoms with Gasteiger partial charge < -0.3 is 4.57 Å². The number of hydrogen-bond acceptors (Lipinski definition) is 1. The Bertz CT molecular complexity index is 3400. The highest BCUT2D eigenvalue weighted by molar-refractivity contribution is 7.19. The Morgan fingerprint density at radius 1 is 0.350 bits per heavy atom. The van der Waals surface area contributed by atoms with Crippen LogP contribution in [0.4, 0.5) is 0 Å². The molecule has 0 fully saturated rings. The van der Waals surface area contributed by atoms with Gasteiger partial charge in [-0.3, -0.25) is 8.97 Å². The van der Waals surface area contributed by atoms with Gasteiger partial charge >= 0.3 is 0 Å². The van der Waals surface area contributed by atoms with Crippen LogP contribution in [0.2, 0.25) is 0 Å². The fourth-order valence-electron chi connectivity index (χ4n) is 9.86. The first kappa shape index (κ1) is 34.3. The lowest BCUT2D eigenvalue weighted by molar-refractivity contribution is 1.11. The Hall–Kier alpha value is -7.73. The van der Waals surface area contributed by atoms with Crippen molar-refractivity contribution < 1.29 is 0 Å². The standard InChI is InChI=1S/C55H38N4Si/c1-4-20-41(21-5-1)60(42-22-6-2-7-23-42,43-24-8-3-9-25-43)44-26-18-19-39(37-44)45-27-10-14-31-49(45)58-53-36-35-40(38-54(53)59-52-34-17-13-30-48(52)56-55(58)59)57-50-32-15-11-28-46(50)47-29-12-16-33-51(47)57/h1-38H. The van der Waals surface area contributed by atoms with Gasteiger partial charge in [-0.2, -0.15) is 0 Å². The minimum Gasteiger partial charge on any atom is -0.309 e. The Balaban J connectivity index is 1.11. The minimum absolute atomic E-state index is 0.885. The summed E-state index contributed by atoms with van der Waals surface area (Å²) < 4.78 is 7.10. The summed E-state index contributed by atoms with van der Waals surface area (Å²) in [6.45, 7) is 0. The number of rotatable bonds is 7. The summed E-state index contributed by atoms with van der Waals surface area (Å²) in [7, 11) is -2.76. The molecule has 0 saturated heterocycles.